The molecule has 3 N–H and O–H groups in total. The molecule has 0 bridgehead atoms. The molecule has 0 saturated heterocycles. The molecule has 0 unspecified atom stereocenters. The van der Waals surface area contributed by atoms with Gasteiger partial charge in [-0.2, -0.15) is 0 Å². The van der Waals surface area contributed by atoms with Gasteiger partial charge in [-0.1, -0.05) is 0 Å². The summed E-state index contributed by atoms with van der Waals surface area (Å²) in [5, 5.41) is 0. The van der Waals surface area contributed by atoms with E-state index in [9.17, 15) is 14.2 Å². The fraction of sp³-hybridized carbons (Fsp3) is 0.143. The molecule has 0 amide bonds. The Morgan fingerprint density at radius 3 is 2.60 bits per heavy atom. The average molecular weight is 232 g/mol. The summed E-state index contributed by atoms with van der Waals surface area (Å²) in [6.45, 7) is 1.47. The molecule has 15 heavy (non-hydrogen) atoms. The molecule has 0 atom stereocenters. The predicted molar refractivity (Wildman–Crippen MR) is 53.4 cm³/mol. The third-order valence-corrected chi connectivity index (χ3v) is 2.09. The molecule has 0 aliphatic carbocycles. The Kier molecular flexibility index (Phi) is 3.09. The maximum absolute atomic E-state index is 11.1. The van der Waals surface area contributed by atoms with E-state index < -0.39 is 18.8 Å². The summed E-state index contributed by atoms with van der Waals surface area (Å²) in [6.07, 6.45) is 2.10. The van der Waals surface area contributed by atoms with Crippen molar-refractivity contribution in [3.63, 3.8) is 0 Å². The van der Waals surface area contributed by atoms with E-state index in [0.717, 1.165) is 10.8 Å². The van der Waals surface area contributed by atoms with E-state index in [2.05, 4.69) is 0 Å². The number of nitrogens with zero attached hydrogens (tertiary/aromatic N) is 1. The van der Waals surface area contributed by atoms with Crippen LogP contribution >= 0.6 is 7.60 Å². The van der Waals surface area contributed by atoms with E-state index in [1.54, 1.807) is 0 Å². The summed E-state index contributed by atoms with van der Waals surface area (Å²) in [7, 11) is -4.31. The molecular weight excluding hydrogens is 223 g/mol. The van der Waals surface area contributed by atoms with Gasteiger partial charge in [-0.15, -0.1) is 0 Å². The van der Waals surface area contributed by atoms with Crippen molar-refractivity contribution in [3.05, 3.63) is 38.4 Å². The Labute approximate surface area is 83.9 Å². The lowest BCUT2D eigenvalue weighted by molar-refractivity contribution is 0.386. The number of rotatable bonds is 2. The van der Waals surface area contributed by atoms with E-state index in [1.165, 1.54) is 13.1 Å². The lowest BCUT2D eigenvalue weighted by Gasteiger charge is -1.99. The lowest BCUT2D eigenvalue weighted by atomic mass is 10.4. The molecular formula is C7H9N2O5P. The van der Waals surface area contributed by atoms with Crippen molar-refractivity contribution in [2.45, 2.75) is 6.92 Å². The van der Waals surface area contributed by atoms with Crippen LogP contribution in [0.5, 0.6) is 0 Å². The van der Waals surface area contributed by atoms with Gasteiger partial charge in [-0.25, -0.2) is 4.79 Å². The van der Waals surface area contributed by atoms with Crippen molar-refractivity contribution < 1.29 is 14.4 Å². The number of hydrogen-bond donors (Lipinski definition) is 3. The van der Waals surface area contributed by atoms with Crippen LogP contribution < -0.4 is 11.2 Å². The zero-order valence-corrected chi connectivity index (χ0v) is 8.64. The third-order valence-electron chi connectivity index (χ3n) is 1.57. The van der Waals surface area contributed by atoms with Gasteiger partial charge in [0.25, 0.3) is 5.56 Å². The number of aromatic amines is 1. The first-order chi connectivity index (χ1) is 6.79. The van der Waals surface area contributed by atoms with Crippen molar-refractivity contribution in [3.8, 4) is 0 Å². The molecule has 0 saturated carbocycles. The quantitative estimate of drug-likeness (QED) is 0.592. The van der Waals surface area contributed by atoms with Crippen LogP contribution in [0.2, 0.25) is 0 Å². The van der Waals surface area contributed by atoms with Crippen molar-refractivity contribution >= 4 is 13.8 Å². The van der Waals surface area contributed by atoms with Crippen LogP contribution in [0, 0.1) is 6.92 Å². The Hall–Kier alpha value is -1.43. The smallest absolute Gasteiger partial charge is 0.321 e. The van der Waals surface area contributed by atoms with Crippen molar-refractivity contribution in [1.29, 1.82) is 0 Å². The van der Waals surface area contributed by atoms with Crippen LogP contribution in [0.15, 0.2) is 21.6 Å². The Balaban J connectivity index is 3.24. The molecule has 82 valence electrons. The highest BCUT2D eigenvalue weighted by molar-refractivity contribution is 7.55. The van der Waals surface area contributed by atoms with Crippen LogP contribution in [0.4, 0.5) is 0 Å². The third kappa shape index (κ3) is 3.32. The largest absolute Gasteiger partial charge is 0.350 e. The molecule has 0 aromatic carbocycles. The number of hydrogen-bond acceptors (Lipinski definition) is 3. The fourth-order valence-electron chi connectivity index (χ4n) is 0.856. The van der Waals surface area contributed by atoms with Gasteiger partial charge in [-0.05, 0) is 6.92 Å². The molecule has 8 heteroatoms. The summed E-state index contributed by atoms with van der Waals surface area (Å²) < 4.78 is 11.4. The Bertz CT molecular complexity index is 549. The summed E-state index contributed by atoms with van der Waals surface area (Å²) in [4.78, 5) is 41.1. The zero-order valence-electron chi connectivity index (χ0n) is 7.75. The van der Waals surface area contributed by atoms with E-state index in [4.69, 9.17) is 9.79 Å². The molecule has 7 nitrogen and oxygen atoms in total. The van der Waals surface area contributed by atoms with Crippen LogP contribution in [0.1, 0.15) is 5.56 Å². The van der Waals surface area contributed by atoms with E-state index in [1.807, 2.05) is 4.98 Å². The Morgan fingerprint density at radius 2 is 2.07 bits per heavy atom. The van der Waals surface area contributed by atoms with Gasteiger partial charge in [-0.3, -0.25) is 18.9 Å². The number of H-pyrrole nitrogens is 1. The van der Waals surface area contributed by atoms with Gasteiger partial charge < -0.3 is 9.79 Å². The maximum Gasteiger partial charge on any atom is 0.350 e. The minimum atomic E-state index is -4.31. The van der Waals surface area contributed by atoms with Crippen LogP contribution in [-0.4, -0.2) is 19.3 Å². The SMILES string of the molecule is Cc1cn(/C=C\P(=O)(O)O)c(=O)[nH]c1=O. The average Bonchev–Trinajstić information content (AvgIpc) is 2.07. The minimum absolute atomic E-state index is 0.268. The topological polar surface area (TPSA) is 112 Å². The summed E-state index contributed by atoms with van der Waals surface area (Å²) in [6, 6.07) is 0. The van der Waals surface area contributed by atoms with Crippen LogP contribution in [0.25, 0.3) is 6.20 Å². The summed E-state index contributed by atoms with van der Waals surface area (Å²) >= 11 is 0. The molecule has 1 aromatic heterocycles. The highest BCUT2D eigenvalue weighted by Crippen LogP contribution is 2.35. The van der Waals surface area contributed by atoms with Gasteiger partial charge in [0.15, 0.2) is 0 Å². The van der Waals surface area contributed by atoms with E-state index in [0.29, 0.717) is 5.82 Å². The summed E-state index contributed by atoms with van der Waals surface area (Å²) in [5.41, 5.74) is -1.01. The summed E-state index contributed by atoms with van der Waals surface area (Å²) in [5.74, 6) is 0.576. The predicted octanol–water partition coefficient (Wildman–Crippen LogP) is -0.549. The van der Waals surface area contributed by atoms with Gasteiger partial charge >= 0.3 is 13.3 Å². The maximum atomic E-state index is 11.1. The fourth-order valence-corrected chi connectivity index (χ4v) is 1.17. The monoisotopic (exact) mass is 232 g/mol. The molecule has 1 rings (SSSR count). The normalized spacial score (nSPS) is 12.2. The van der Waals surface area contributed by atoms with Gasteiger partial charge in [0.2, 0.25) is 0 Å². The minimum Gasteiger partial charge on any atom is -0.321 e. The molecule has 0 spiro atoms. The molecule has 0 aliphatic heterocycles. The lowest BCUT2D eigenvalue weighted by Crippen LogP contribution is -2.28. The van der Waals surface area contributed by atoms with Crippen LogP contribution in [0.3, 0.4) is 0 Å². The second-order valence-electron chi connectivity index (χ2n) is 2.87. The number of nitrogens with one attached hydrogen (secondary N) is 1. The molecule has 0 fully saturated rings. The first-order valence-corrected chi connectivity index (χ1v) is 5.54. The second kappa shape index (κ2) is 3.98. The zero-order chi connectivity index (χ0) is 11.6. The first-order valence-electron chi connectivity index (χ1n) is 3.86. The molecule has 1 aromatic rings. The van der Waals surface area contributed by atoms with Gasteiger partial charge in [0, 0.05) is 23.8 Å². The highest BCUT2D eigenvalue weighted by atomic mass is 31.2. The van der Waals surface area contributed by atoms with Crippen molar-refractivity contribution in [2.24, 2.45) is 0 Å². The standard InChI is InChI=1S/C7H9N2O5P/c1-5-4-9(2-3-15(12,13)14)7(11)8-6(5)10/h2-4H,1H3,(H,8,10,11)(H2,12,13,14)/b3-2-. The van der Waals surface area contributed by atoms with Gasteiger partial charge in [0.1, 0.15) is 0 Å². The Morgan fingerprint density at radius 1 is 1.47 bits per heavy atom. The number of aryl methyl sites for hydroxylation is 1. The van der Waals surface area contributed by atoms with Crippen molar-refractivity contribution in [2.75, 3.05) is 0 Å². The van der Waals surface area contributed by atoms with Crippen molar-refractivity contribution in [1.82, 2.24) is 9.55 Å². The van der Waals surface area contributed by atoms with Crippen LogP contribution in [-0.2, 0) is 4.57 Å². The highest BCUT2D eigenvalue weighted by Gasteiger charge is 2.06. The van der Waals surface area contributed by atoms with E-state index in [-0.39, 0.29) is 5.56 Å². The molecule has 1 heterocycles. The first kappa shape index (κ1) is 11.6. The molecule has 0 radical (unpaired) electrons. The van der Waals surface area contributed by atoms with E-state index >= 15 is 0 Å². The number of aromatic nitrogens is 2. The second-order valence-corrected chi connectivity index (χ2v) is 4.34. The molecule has 0 aliphatic rings. The van der Waals surface area contributed by atoms with Gasteiger partial charge in [0.05, 0.1) is 0 Å².